The van der Waals surface area contributed by atoms with E-state index in [2.05, 4.69) is 0 Å². The third-order valence-electron chi connectivity index (χ3n) is 2.97. The maximum Gasteiger partial charge on any atom is 0.333 e. The van der Waals surface area contributed by atoms with Crippen molar-refractivity contribution in [1.29, 1.82) is 0 Å². The first-order valence-electron chi connectivity index (χ1n) is 6.41. The summed E-state index contributed by atoms with van der Waals surface area (Å²) in [4.78, 5) is 50.5. The predicted molar refractivity (Wildman–Crippen MR) is 69.1 cm³/mol. The number of hydrogen-bond acceptors (Lipinski definition) is 5. The molecular weight excluding hydrogens is 278 g/mol. The van der Waals surface area contributed by atoms with Gasteiger partial charge in [0.05, 0.1) is 11.1 Å². The third-order valence-corrected chi connectivity index (χ3v) is 2.97. The Morgan fingerprint density at radius 2 is 1.52 bits per heavy atom. The van der Waals surface area contributed by atoms with Crippen molar-refractivity contribution in [3.8, 4) is 0 Å². The molecule has 7 heteroatoms. The number of hydrogen-bond donors (Lipinski definition) is 1. The molecule has 110 valence electrons. The highest BCUT2D eigenvalue weighted by Crippen LogP contribution is 2.22. The second kappa shape index (κ2) is 6.17. The number of carboxylic acid groups (broad SMARTS) is 1. The van der Waals surface area contributed by atoms with Gasteiger partial charge in [-0.25, -0.2) is 4.79 Å². The zero-order valence-electron chi connectivity index (χ0n) is 11.1. The van der Waals surface area contributed by atoms with E-state index in [0.717, 1.165) is 0 Å². The van der Waals surface area contributed by atoms with Gasteiger partial charge in [0.1, 0.15) is 0 Å². The minimum Gasteiger partial charge on any atom is -0.481 e. The highest BCUT2D eigenvalue weighted by atomic mass is 16.7. The van der Waals surface area contributed by atoms with E-state index in [4.69, 9.17) is 9.94 Å². The topological polar surface area (TPSA) is 101 Å². The zero-order chi connectivity index (χ0) is 15.4. The molecule has 0 radical (unpaired) electrons. The number of aliphatic carboxylic acids is 1. The van der Waals surface area contributed by atoms with E-state index in [1.807, 2.05) is 0 Å². The van der Waals surface area contributed by atoms with Crippen LogP contribution in [0.4, 0.5) is 0 Å². The van der Waals surface area contributed by atoms with Gasteiger partial charge in [0.2, 0.25) is 0 Å². The van der Waals surface area contributed by atoms with Crippen molar-refractivity contribution in [1.82, 2.24) is 5.06 Å². The first-order valence-corrected chi connectivity index (χ1v) is 6.41. The van der Waals surface area contributed by atoms with Crippen molar-refractivity contribution in [3.63, 3.8) is 0 Å². The van der Waals surface area contributed by atoms with Gasteiger partial charge in [-0.2, -0.15) is 0 Å². The summed E-state index contributed by atoms with van der Waals surface area (Å²) >= 11 is 0. The van der Waals surface area contributed by atoms with Crippen molar-refractivity contribution in [3.05, 3.63) is 35.4 Å². The second-order valence-corrected chi connectivity index (χ2v) is 4.51. The Morgan fingerprint density at radius 3 is 2.05 bits per heavy atom. The normalized spacial score (nSPS) is 13.2. The van der Waals surface area contributed by atoms with E-state index in [1.54, 1.807) is 12.1 Å². The maximum absolute atomic E-state index is 11.9. The molecule has 1 aromatic carbocycles. The average molecular weight is 291 g/mol. The molecule has 2 amide bonds. The van der Waals surface area contributed by atoms with Gasteiger partial charge in [0.25, 0.3) is 11.8 Å². The molecule has 0 spiro atoms. The van der Waals surface area contributed by atoms with Gasteiger partial charge in [-0.3, -0.25) is 14.4 Å². The van der Waals surface area contributed by atoms with Gasteiger partial charge in [0.15, 0.2) is 0 Å². The van der Waals surface area contributed by atoms with Crippen LogP contribution in [0, 0.1) is 0 Å². The summed E-state index contributed by atoms with van der Waals surface area (Å²) < 4.78 is 0. The van der Waals surface area contributed by atoms with Crippen LogP contribution in [0.2, 0.25) is 0 Å². The summed E-state index contributed by atoms with van der Waals surface area (Å²) in [7, 11) is 0. The molecule has 1 aliphatic rings. The Morgan fingerprint density at radius 1 is 1.00 bits per heavy atom. The monoisotopic (exact) mass is 291 g/mol. The number of benzene rings is 1. The van der Waals surface area contributed by atoms with Crippen LogP contribution in [0.25, 0.3) is 0 Å². The Labute approximate surface area is 120 Å². The molecule has 1 aromatic rings. The highest BCUT2D eigenvalue weighted by Gasteiger charge is 2.38. The standard InChI is InChI=1S/C14H13NO6/c16-11(17)7-3-4-8-12(18)21-15-13(19)9-5-1-2-6-10(9)14(15)20/h1-2,5-6H,3-4,7-8H2,(H,16,17). The lowest BCUT2D eigenvalue weighted by atomic mass is 10.1. The van der Waals surface area contributed by atoms with Crippen LogP contribution in [0.1, 0.15) is 46.4 Å². The van der Waals surface area contributed by atoms with E-state index in [0.29, 0.717) is 17.9 Å². The van der Waals surface area contributed by atoms with Crippen LogP contribution < -0.4 is 0 Å². The van der Waals surface area contributed by atoms with E-state index >= 15 is 0 Å². The second-order valence-electron chi connectivity index (χ2n) is 4.51. The maximum atomic E-state index is 11.9. The van der Waals surface area contributed by atoms with E-state index < -0.39 is 23.8 Å². The fourth-order valence-corrected chi connectivity index (χ4v) is 1.94. The lowest BCUT2D eigenvalue weighted by Gasteiger charge is -2.12. The number of carboxylic acids is 1. The van der Waals surface area contributed by atoms with Crippen molar-refractivity contribution < 1.29 is 29.1 Å². The molecule has 0 atom stereocenters. The molecule has 0 bridgehead atoms. The fraction of sp³-hybridized carbons (Fsp3) is 0.286. The van der Waals surface area contributed by atoms with Crippen LogP contribution in [-0.4, -0.2) is 33.9 Å². The third kappa shape index (κ3) is 3.25. The number of unbranched alkanes of at least 4 members (excludes halogenated alkanes) is 1. The van der Waals surface area contributed by atoms with Gasteiger partial charge in [0, 0.05) is 12.8 Å². The molecule has 0 aliphatic carbocycles. The molecule has 0 fully saturated rings. The van der Waals surface area contributed by atoms with E-state index in [-0.39, 0.29) is 24.0 Å². The first kappa shape index (κ1) is 14.7. The fourth-order valence-electron chi connectivity index (χ4n) is 1.94. The number of carbonyl (C=O) groups excluding carboxylic acids is 3. The summed E-state index contributed by atoms with van der Waals surface area (Å²) in [6.45, 7) is 0. The molecule has 1 heterocycles. The SMILES string of the molecule is O=C(O)CCCCC(=O)ON1C(=O)c2ccccc2C1=O. The van der Waals surface area contributed by atoms with Crippen molar-refractivity contribution in [2.75, 3.05) is 0 Å². The van der Waals surface area contributed by atoms with E-state index in [9.17, 15) is 19.2 Å². The average Bonchev–Trinajstić information content (AvgIpc) is 2.69. The minimum atomic E-state index is -0.941. The summed E-state index contributed by atoms with van der Waals surface area (Å²) in [5.74, 6) is -3.03. The zero-order valence-corrected chi connectivity index (χ0v) is 11.1. The molecule has 0 saturated carbocycles. The number of hydroxylamine groups is 2. The Kier molecular flexibility index (Phi) is 4.32. The van der Waals surface area contributed by atoms with E-state index in [1.165, 1.54) is 12.1 Å². The van der Waals surface area contributed by atoms with Gasteiger partial charge in [-0.1, -0.05) is 17.2 Å². The summed E-state index contributed by atoms with van der Waals surface area (Å²) in [6, 6.07) is 6.19. The molecule has 2 rings (SSSR count). The van der Waals surface area contributed by atoms with Crippen molar-refractivity contribution in [2.45, 2.75) is 25.7 Å². The molecular formula is C14H13NO6. The molecule has 0 unspecified atom stereocenters. The number of fused-ring (bicyclic) bond motifs is 1. The van der Waals surface area contributed by atoms with Crippen molar-refractivity contribution in [2.24, 2.45) is 0 Å². The van der Waals surface area contributed by atoms with Crippen LogP contribution in [0.3, 0.4) is 0 Å². The predicted octanol–water partition coefficient (Wildman–Crippen LogP) is 1.39. The number of nitrogens with zero attached hydrogens (tertiary/aromatic N) is 1. The molecule has 21 heavy (non-hydrogen) atoms. The Balaban J connectivity index is 1.90. The number of carbonyl (C=O) groups is 4. The first-order chi connectivity index (χ1) is 10.0. The molecule has 1 N–H and O–H groups in total. The molecule has 0 saturated heterocycles. The quantitative estimate of drug-likeness (QED) is 0.627. The van der Waals surface area contributed by atoms with Crippen LogP contribution in [-0.2, 0) is 14.4 Å². The van der Waals surface area contributed by atoms with Gasteiger partial charge in [-0.05, 0) is 25.0 Å². The largest absolute Gasteiger partial charge is 0.481 e. The molecule has 1 aliphatic heterocycles. The lowest BCUT2D eigenvalue weighted by Crippen LogP contribution is -2.32. The highest BCUT2D eigenvalue weighted by molar-refractivity contribution is 6.20. The Bertz CT molecular complexity index is 574. The lowest BCUT2D eigenvalue weighted by molar-refractivity contribution is -0.168. The van der Waals surface area contributed by atoms with Crippen LogP contribution >= 0.6 is 0 Å². The number of imide groups is 1. The van der Waals surface area contributed by atoms with Gasteiger partial charge < -0.3 is 9.94 Å². The summed E-state index contributed by atoms with van der Waals surface area (Å²) in [5.41, 5.74) is 0.391. The summed E-state index contributed by atoms with van der Waals surface area (Å²) in [5, 5.41) is 8.91. The number of amides is 2. The number of rotatable bonds is 6. The molecule has 7 nitrogen and oxygen atoms in total. The van der Waals surface area contributed by atoms with Gasteiger partial charge >= 0.3 is 11.9 Å². The molecule has 0 aromatic heterocycles. The van der Waals surface area contributed by atoms with Crippen LogP contribution in [0.5, 0.6) is 0 Å². The van der Waals surface area contributed by atoms with Gasteiger partial charge in [-0.15, -0.1) is 0 Å². The summed E-state index contributed by atoms with van der Waals surface area (Å²) in [6.07, 6.45) is 0.543. The van der Waals surface area contributed by atoms with Crippen LogP contribution in [0.15, 0.2) is 24.3 Å². The minimum absolute atomic E-state index is 0.0414. The van der Waals surface area contributed by atoms with Crippen molar-refractivity contribution >= 4 is 23.8 Å². The smallest absolute Gasteiger partial charge is 0.333 e. The Hall–Kier alpha value is -2.70.